The summed E-state index contributed by atoms with van der Waals surface area (Å²) in [5.41, 5.74) is 1.71. The highest BCUT2D eigenvalue weighted by Gasteiger charge is 2.15. The van der Waals surface area contributed by atoms with E-state index in [9.17, 15) is 13.5 Å². The average Bonchev–Trinajstić information content (AvgIpc) is 2.57. The molecule has 0 saturated heterocycles. The van der Waals surface area contributed by atoms with Gasteiger partial charge in [0.05, 0.1) is 23.0 Å². The fourth-order valence-electron chi connectivity index (χ4n) is 2.17. The Labute approximate surface area is 153 Å². The third-order valence-corrected chi connectivity index (χ3v) is 5.72. The number of halogens is 1. The monoisotopic (exact) mass is 419 g/mol. The standard InChI is InChI=1S/C17H14BrN3O3S/c1-11-7-15(5-6-16(11)18)25(23,24)21-13-9-19-17(20-10-13)12-3-2-4-14(22)8-12/h2-10,21-22H,1H3. The zero-order valence-corrected chi connectivity index (χ0v) is 15.5. The summed E-state index contributed by atoms with van der Waals surface area (Å²) in [5.74, 6) is 0.495. The van der Waals surface area contributed by atoms with Crippen molar-refractivity contribution in [2.24, 2.45) is 0 Å². The van der Waals surface area contributed by atoms with Crippen molar-refractivity contribution < 1.29 is 13.5 Å². The molecule has 8 heteroatoms. The van der Waals surface area contributed by atoms with Crippen LogP contribution in [0.5, 0.6) is 5.75 Å². The van der Waals surface area contributed by atoms with Crippen LogP contribution in [-0.4, -0.2) is 23.5 Å². The first-order chi connectivity index (χ1) is 11.8. The van der Waals surface area contributed by atoms with Gasteiger partial charge in [0.15, 0.2) is 5.82 Å². The van der Waals surface area contributed by atoms with Gasteiger partial charge in [-0.05, 0) is 42.8 Å². The Balaban J connectivity index is 1.84. The van der Waals surface area contributed by atoms with E-state index in [2.05, 4.69) is 30.6 Å². The number of phenolic OH excluding ortho intramolecular Hbond substituents is 1. The molecule has 0 bridgehead atoms. The van der Waals surface area contributed by atoms with Crippen LogP contribution in [0.15, 0.2) is 64.2 Å². The van der Waals surface area contributed by atoms with Gasteiger partial charge in [-0.3, -0.25) is 4.72 Å². The lowest BCUT2D eigenvalue weighted by Crippen LogP contribution is -2.13. The summed E-state index contributed by atoms with van der Waals surface area (Å²) in [6.45, 7) is 1.82. The highest BCUT2D eigenvalue weighted by molar-refractivity contribution is 9.10. The van der Waals surface area contributed by atoms with Crippen molar-refractivity contribution in [2.45, 2.75) is 11.8 Å². The van der Waals surface area contributed by atoms with Gasteiger partial charge in [-0.1, -0.05) is 28.1 Å². The number of rotatable bonds is 4. The summed E-state index contributed by atoms with van der Waals surface area (Å²) in [4.78, 5) is 8.44. The van der Waals surface area contributed by atoms with Gasteiger partial charge in [0.1, 0.15) is 5.75 Å². The molecule has 128 valence electrons. The number of hydrogen-bond donors (Lipinski definition) is 2. The minimum atomic E-state index is -3.73. The second-order valence-electron chi connectivity index (χ2n) is 5.36. The normalized spacial score (nSPS) is 11.3. The van der Waals surface area contributed by atoms with E-state index in [-0.39, 0.29) is 16.3 Å². The number of nitrogens with zero attached hydrogens (tertiary/aromatic N) is 2. The molecule has 0 unspecified atom stereocenters. The Morgan fingerprint density at radius 2 is 1.80 bits per heavy atom. The molecule has 25 heavy (non-hydrogen) atoms. The lowest BCUT2D eigenvalue weighted by atomic mass is 10.2. The molecule has 0 amide bonds. The summed E-state index contributed by atoms with van der Waals surface area (Å²) >= 11 is 3.35. The molecule has 0 fully saturated rings. The molecule has 3 rings (SSSR count). The molecule has 2 N–H and O–H groups in total. The molecular weight excluding hydrogens is 406 g/mol. The van der Waals surface area contributed by atoms with Gasteiger partial charge in [0, 0.05) is 10.0 Å². The van der Waals surface area contributed by atoms with Crippen LogP contribution in [0.25, 0.3) is 11.4 Å². The summed E-state index contributed by atoms with van der Waals surface area (Å²) in [6.07, 6.45) is 2.77. The highest BCUT2D eigenvalue weighted by atomic mass is 79.9. The van der Waals surface area contributed by atoms with Gasteiger partial charge >= 0.3 is 0 Å². The van der Waals surface area contributed by atoms with Crippen LogP contribution in [0.3, 0.4) is 0 Å². The maximum absolute atomic E-state index is 12.4. The van der Waals surface area contributed by atoms with E-state index in [1.807, 2.05) is 6.92 Å². The zero-order valence-electron chi connectivity index (χ0n) is 13.1. The maximum Gasteiger partial charge on any atom is 0.262 e. The van der Waals surface area contributed by atoms with Gasteiger partial charge in [-0.15, -0.1) is 0 Å². The minimum absolute atomic E-state index is 0.108. The number of nitrogens with one attached hydrogen (secondary N) is 1. The Kier molecular flexibility index (Phi) is 4.73. The number of hydrogen-bond acceptors (Lipinski definition) is 5. The van der Waals surface area contributed by atoms with E-state index >= 15 is 0 Å². The summed E-state index contributed by atoms with van der Waals surface area (Å²) in [7, 11) is -3.73. The molecule has 0 aliphatic heterocycles. The van der Waals surface area contributed by atoms with E-state index in [1.165, 1.54) is 24.5 Å². The largest absolute Gasteiger partial charge is 0.508 e. The van der Waals surface area contributed by atoms with Crippen molar-refractivity contribution in [1.29, 1.82) is 0 Å². The molecular formula is C17H14BrN3O3S. The first-order valence-corrected chi connectivity index (χ1v) is 9.53. The second-order valence-corrected chi connectivity index (χ2v) is 7.90. The van der Waals surface area contributed by atoms with Crippen molar-refractivity contribution in [1.82, 2.24) is 9.97 Å². The smallest absolute Gasteiger partial charge is 0.262 e. The van der Waals surface area contributed by atoms with Gasteiger partial charge in [-0.2, -0.15) is 0 Å². The summed E-state index contributed by atoms with van der Waals surface area (Å²) in [6, 6.07) is 11.3. The molecule has 1 aromatic heterocycles. The molecule has 0 radical (unpaired) electrons. The molecule has 0 aliphatic carbocycles. The van der Waals surface area contributed by atoms with E-state index in [1.54, 1.807) is 30.3 Å². The maximum atomic E-state index is 12.4. The number of sulfonamides is 1. The lowest BCUT2D eigenvalue weighted by molar-refractivity contribution is 0.475. The van der Waals surface area contributed by atoms with Crippen LogP contribution in [0.1, 0.15) is 5.56 Å². The van der Waals surface area contributed by atoms with E-state index in [0.29, 0.717) is 11.4 Å². The van der Waals surface area contributed by atoms with E-state index in [0.717, 1.165) is 10.0 Å². The fourth-order valence-corrected chi connectivity index (χ4v) is 3.53. The SMILES string of the molecule is Cc1cc(S(=O)(=O)Nc2cnc(-c3cccc(O)c3)nc2)ccc1Br. The van der Waals surface area contributed by atoms with Crippen LogP contribution in [0.4, 0.5) is 5.69 Å². The average molecular weight is 420 g/mol. The summed E-state index contributed by atoms with van der Waals surface area (Å²) in [5, 5.41) is 9.50. The van der Waals surface area contributed by atoms with Crippen LogP contribution in [-0.2, 0) is 10.0 Å². The molecule has 0 atom stereocenters. The van der Waals surface area contributed by atoms with Crippen molar-refractivity contribution >= 4 is 31.6 Å². The highest BCUT2D eigenvalue weighted by Crippen LogP contribution is 2.23. The molecule has 3 aromatic rings. The van der Waals surface area contributed by atoms with Gasteiger partial charge in [0.2, 0.25) is 0 Å². The third-order valence-electron chi connectivity index (χ3n) is 3.45. The zero-order chi connectivity index (χ0) is 18.0. The van der Waals surface area contributed by atoms with E-state index < -0.39 is 10.0 Å². The Morgan fingerprint density at radius 3 is 2.44 bits per heavy atom. The van der Waals surface area contributed by atoms with Crippen LogP contribution < -0.4 is 4.72 Å². The van der Waals surface area contributed by atoms with Crippen molar-refractivity contribution in [3.63, 3.8) is 0 Å². The number of aromatic nitrogens is 2. The molecule has 0 aliphatic rings. The molecule has 0 saturated carbocycles. The molecule has 0 spiro atoms. The number of anilines is 1. The number of aromatic hydroxyl groups is 1. The van der Waals surface area contributed by atoms with Gasteiger partial charge in [0.25, 0.3) is 10.0 Å². The topological polar surface area (TPSA) is 92.2 Å². The Bertz CT molecular complexity index is 1020. The predicted molar refractivity (Wildman–Crippen MR) is 98.8 cm³/mol. The first kappa shape index (κ1) is 17.4. The van der Waals surface area contributed by atoms with Crippen molar-refractivity contribution in [2.75, 3.05) is 4.72 Å². The Morgan fingerprint density at radius 1 is 1.08 bits per heavy atom. The van der Waals surface area contributed by atoms with Gasteiger partial charge < -0.3 is 5.11 Å². The quantitative estimate of drug-likeness (QED) is 0.671. The predicted octanol–water partition coefficient (Wildman–Crippen LogP) is 3.72. The third kappa shape index (κ3) is 3.97. The van der Waals surface area contributed by atoms with Crippen molar-refractivity contribution in [3.05, 3.63) is 64.9 Å². The van der Waals surface area contributed by atoms with E-state index in [4.69, 9.17) is 0 Å². The second kappa shape index (κ2) is 6.81. The first-order valence-electron chi connectivity index (χ1n) is 7.25. The molecule has 6 nitrogen and oxygen atoms in total. The number of phenols is 1. The Hall–Kier alpha value is -2.45. The number of benzene rings is 2. The fraction of sp³-hybridized carbons (Fsp3) is 0.0588. The summed E-state index contributed by atoms with van der Waals surface area (Å²) < 4.78 is 28.2. The lowest BCUT2D eigenvalue weighted by Gasteiger charge is -2.09. The molecule has 1 heterocycles. The van der Waals surface area contributed by atoms with Crippen LogP contribution in [0, 0.1) is 6.92 Å². The van der Waals surface area contributed by atoms with Crippen molar-refractivity contribution in [3.8, 4) is 17.1 Å². The minimum Gasteiger partial charge on any atom is -0.508 e. The number of aryl methyl sites for hydroxylation is 1. The molecule has 2 aromatic carbocycles. The van der Waals surface area contributed by atoms with Crippen LogP contribution in [0.2, 0.25) is 0 Å². The van der Waals surface area contributed by atoms with Crippen LogP contribution >= 0.6 is 15.9 Å². The van der Waals surface area contributed by atoms with Gasteiger partial charge in [-0.25, -0.2) is 18.4 Å².